The van der Waals surface area contributed by atoms with E-state index in [1.54, 1.807) is 14.2 Å². The van der Waals surface area contributed by atoms with Gasteiger partial charge in [0.2, 0.25) is 6.10 Å². The summed E-state index contributed by atoms with van der Waals surface area (Å²) in [7, 11) is 3.16. The average molecular weight is 354 g/mol. The maximum atomic E-state index is 12.5. The van der Waals surface area contributed by atoms with E-state index in [9.17, 15) is 4.79 Å². The number of anilines is 1. The van der Waals surface area contributed by atoms with Gasteiger partial charge in [-0.3, -0.25) is 4.79 Å². The molecule has 1 N–H and O–H groups in total. The van der Waals surface area contributed by atoms with Crippen molar-refractivity contribution in [1.29, 1.82) is 0 Å². The molecule has 1 atom stereocenters. The molecule has 0 unspecified atom stereocenters. The molecule has 0 bridgehead atoms. The number of rotatable bonds is 6. The number of aryl methyl sites for hydroxylation is 1. The minimum Gasteiger partial charge on any atom is -0.493 e. The molecule has 26 heavy (non-hydrogen) atoms. The molecule has 0 radical (unpaired) electrons. The Morgan fingerprint density at radius 2 is 1.96 bits per heavy atom. The van der Waals surface area contributed by atoms with Crippen LogP contribution in [0.3, 0.4) is 0 Å². The van der Waals surface area contributed by atoms with Gasteiger partial charge in [0, 0.05) is 17.7 Å². The second kappa shape index (κ2) is 7.91. The van der Waals surface area contributed by atoms with Crippen molar-refractivity contribution < 1.29 is 19.1 Å². The lowest BCUT2D eigenvalue weighted by Gasteiger charge is -2.12. The second-order valence-corrected chi connectivity index (χ2v) is 5.91. The predicted molar refractivity (Wildman–Crippen MR) is 100 cm³/mol. The maximum Gasteiger partial charge on any atom is 0.268 e. The lowest BCUT2D eigenvalue weighted by molar-refractivity contribution is -0.125. The smallest absolute Gasteiger partial charge is 0.268 e. The van der Waals surface area contributed by atoms with E-state index in [1.807, 2.05) is 42.5 Å². The molecule has 2 aromatic carbocycles. The molecule has 3 rings (SSSR count). The molecule has 1 heterocycles. The number of amides is 1. The van der Waals surface area contributed by atoms with E-state index in [0.29, 0.717) is 23.6 Å². The van der Waals surface area contributed by atoms with Gasteiger partial charge in [-0.05, 0) is 36.2 Å². The number of para-hydroxylation sites is 1. The number of oxime groups is 1. The quantitative estimate of drug-likeness (QED) is 0.863. The number of carbonyl (C=O) groups excluding carboxylic acids is 1. The van der Waals surface area contributed by atoms with E-state index in [-0.39, 0.29) is 5.91 Å². The average Bonchev–Trinajstić information content (AvgIpc) is 3.18. The summed E-state index contributed by atoms with van der Waals surface area (Å²) in [6, 6.07) is 13.2. The number of carbonyl (C=O) groups is 1. The Morgan fingerprint density at radius 3 is 2.69 bits per heavy atom. The number of hydrogen-bond donors (Lipinski definition) is 1. The van der Waals surface area contributed by atoms with Gasteiger partial charge in [-0.1, -0.05) is 30.3 Å². The summed E-state index contributed by atoms with van der Waals surface area (Å²) in [6.07, 6.45) is 0.591. The van der Waals surface area contributed by atoms with Crippen LogP contribution in [-0.2, 0) is 16.1 Å². The van der Waals surface area contributed by atoms with Crippen LogP contribution in [0.5, 0.6) is 11.5 Å². The van der Waals surface area contributed by atoms with Gasteiger partial charge in [0.05, 0.1) is 19.9 Å². The lowest BCUT2D eigenvalue weighted by atomic mass is 10.0. The van der Waals surface area contributed by atoms with Crippen molar-refractivity contribution in [2.24, 2.45) is 5.16 Å². The first-order chi connectivity index (χ1) is 12.7. The standard InChI is InChI=1S/C20H22N2O4/c1-4-13-7-5-6-8-15(13)21-20(23)19-12-16(22-26-19)14-9-10-17(24-2)18(11-14)25-3/h5-11,19H,4,12H2,1-3H3,(H,21,23)/t19-/m1/s1. The summed E-state index contributed by atoms with van der Waals surface area (Å²) in [5.74, 6) is 1.05. The second-order valence-electron chi connectivity index (χ2n) is 5.91. The van der Waals surface area contributed by atoms with Crippen LogP contribution >= 0.6 is 0 Å². The van der Waals surface area contributed by atoms with Gasteiger partial charge in [-0.2, -0.15) is 0 Å². The molecule has 6 heteroatoms. The summed E-state index contributed by atoms with van der Waals surface area (Å²) in [5.41, 5.74) is 3.44. The summed E-state index contributed by atoms with van der Waals surface area (Å²) in [5, 5.41) is 7.02. The Bertz CT molecular complexity index is 832. The van der Waals surface area contributed by atoms with E-state index in [2.05, 4.69) is 17.4 Å². The molecule has 0 aliphatic carbocycles. The van der Waals surface area contributed by atoms with Gasteiger partial charge in [0.25, 0.3) is 5.91 Å². The van der Waals surface area contributed by atoms with Gasteiger partial charge < -0.3 is 19.6 Å². The Kier molecular flexibility index (Phi) is 5.41. The monoisotopic (exact) mass is 354 g/mol. The molecule has 1 aliphatic rings. The highest BCUT2D eigenvalue weighted by molar-refractivity contribution is 6.06. The van der Waals surface area contributed by atoms with Crippen LogP contribution < -0.4 is 14.8 Å². The first kappa shape index (κ1) is 17.8. The van der Waals surface area contributed by atoms with Gasteiger partial charge >= 0.3 is 0 Å². The fourth-order valence-corrected chi connectivity index (χ4v) is 2.87. The summed E-state index contributed by atoms with van der Waals surface area (Å²) in [4.78, 5) is 17.9. The van der Waals surface area contributed by atoms with Gasteiger partial charge in [-0.15, -0.1) is 0 Å². The maximum absolute atomic E-state index is 12.5. The van der Waals surface area contributed by atoms with E-state index in [4.69, 9.17) is 14.3 Å². The van der Waals surface area contributed by atoms with Crippen molar-refractivity contribution in [1.82, 2.24) is 0 Å². The Morgan fingerprint density at radius 1 is 1.19 bits per heavy atom. The molecule has 136 valence electrons. The van der Waals surface area contributed by atoms with Gasteiger partial charge in [0.1, 0.15) is 0 Å². The third kappa shape index (κ3) is 3.64. The highest BCUT2D eigenvalue weighted by Crippen LogP contribution is 2.29. The zero-order valence-corrected chi connectivity index (χ0v) is 15.1. The molecule has 0 saturated heterocycles. The fraction of sp³-hybridized carbons (Fsp3) is 0.300. The Labute approximate surface area is 152 Å². The van der Waals surface area contributed by atoms with Crippen LogP contribution in [0.1, 0.15) is 24.5 Å². The first-order valence-electron chi connectivity index (χ1n) is 8.50. The van der Waals surface area contributed by atoms with E-state index in [0.717, 1.165) is 23.2 Å². The summed E-state index contributed by atoms with van der Waals surface area (Å²) >= 11 is 0. The van der Waals surface area contributed by atoms with Crippen molar-refractivity contribution in [2.45, 2.75) is 25.9 Å². The van der Waals surface area contributed by atoms with E-state index < -0.39 is 6.10 Å². The van der Waals surface area contributed by atoms with E-state index in [1.165, 1.54) is 0 Å². The van der Waals surface area contributed by atoms with Gasteiger partial charge in [-0.25, -0.2) is 0 Å². The van der Waals surface area contributed by atoms with Crippen molar-refractivity contribution >= 4 is 17.3 Å². The predicted octanol–water partition coefficient (Wildman–Crippen LogP) is 3.40. The van der Waals surface area contributed by atoms with Crippen LogP contribution in [0.2, 0.25) is 0 Å². The zero-order valence-electron chi connectivity index (χ0n) is 15.1. The molecule has 0 saturated carbocycles. The number of hydrogen-bond acceptors (Lipinski definition) is 5. The van der Waals surface area contributed by atoms with Crippen LogP contribution in [0.4, 0.5) is 5.69 Å². The molecule has 0 spiro atoms. The van der Waals surface area contributed by atoms with E-state index >= 15 is 0 Å². The lowest BCUT2D eigenvalue weighted by Crippen LogP contribution is -2.28. The van der Waals surface area contributed by atoms with Crippen LogP contribution in [0.25, 0.3) is 0 Å². The molecular formula is C20H22N2O4. The van der Waals surface area contributed by atoms with Crippen molar-refractivity contribution in [3.63, 3.8) is 0 Å². The summed E-state index contributed by atoms with van der Waals surface area (Å²) < 4.78 is 10.6. The molecule has 0 aromatic heterocycles. The highest BCUT2D eigenvalue weighted by Gasteiger charge is 2.29. The zero-order chi connectivity index (χ0) is 18.5. The number of methoxy groups -OCH3 is 2. The Balaban J connectivity index is 1.69. The third-order valence-corrected chi connectivity index (χ3v) is 4.33. The number of benzene rings is 2. The number of nitrogens with one attached hydrogen (secondary N) is 1. The van der Waals surface area contributed by atoms with Crippen molar-refractivity contribution in [2.75, 3.05) is 19.5 Å². The Hall–Kier alpha value is -3.02. The summed E-state index contributed by atoms with van der Waals surface area (Å²) in [6.45, 7) is 2.05. The molecular weight excluding hydrogens is 332 g/mol. The molecule has 1 amide bonds. The first-order valence-corrected chi connectivity index (χ1v) is 8.50. The topological polar surface area (TPSA) is 69.2 Å². The third-order valence-electron chi connectivity index (χ3n) is 4.33. The number of ether oxygens (including phenoxy) is 2. The molecule has 6 nitrogen and oxygen atoms in total. The molecule has 1 aliphatic heterocycles. The number of nitrogens with zero attached hydrogens (tertiary/aromatic N) is 1. The largest absolute Gasteiger partial charge is 0.493 e. The molecule has 2 aromatic rings. The van der Waals surface area contributed by atoms with Crippen LogP contribution in [0, 0.1) is 0 Å². The fourth-order valence-electron chi connectivity index (χ4n) is 2.87. The minimum atomic E-state index is -0.650. The highest BCUT2D eigenvalue weighted by atomic mass is 16.6. The van der Waals surface area contributed by atoms with Crippen molar-refractivity contribution in [3.05, 3.63) is 53.6 Å². The van der Waals surface area contributed by atoms with Gasteiger partial charge in [0.15, 0.2) is 11.5 Å². The van der Waals surface area contributed by atoms with Crippen LogP contribution in [-0.4, -0.2) is 31.9 Å². The normalized spacial score (nSPS) is 15.8. The SMILES string of the molecule is CCc1ccccc1NC(=O)[C@H]1CC(c2ccc(OC)c(OC)c2)=NO1. The van der Waals surface area contributed by atoms with Crippen LogP contribution in [0.15, 0.2) is 47.6 Å². The molecule has 0 fully saturated rings. The van der Waals surface area contributed by atoms with Crippen molar-refractivity contribution in [3.8, 4) is 11.5 Å². The minimum absolute atomic E-state index is 0.204.